The van der Waals surface area contributed by atoms with Crippen molar-refractivity contribution in [3.05, 3.63) is 18.2 Å². The minimum atomic E-state index is -0.107. The summed E-state index contributed by atoms with van der Waals surface area (Å²) >= 11 is 0. The lowest BCUT2D eigenvalue weighted by molar-refractivity contribution is 0.0929. The SMILES string of the molecule is CCCCCC(C)(C)CNC(=O)c1cn(CCN)cn1. The first-order chi connectivity index (χ1) is 9.48. The van der Waals surface area contributed by atoms with E-state index in [-0.39, 0.29) is 11.3 Å². The van der Waals surface area contributed by atoms with Crippen LogP contribution in [0.3, 0.4) is 0 Å². The van der Waals surface area contributed by atoms with Gasteiger partial charge < -0.3 is 15.6 Å². The third kappa shape index (κ3) is 5.74. The van der Waals surface area contributed by atoms with E-state index in [0.29, 0.717) is 25.3 Å². The van der Waals surface area contributed by atoms with Gasteiger partial charge in [0.25, 0.3) is 5.91 Å². The molecule has 0 fully saturated rings. The Hall–Kier alpha value is -1.36. The highest BCUT2D eigenvalue weighted by molar-refractivity contribution is 5.92. The number of hydrogen-bond donors (Lipinski definition) is 2. The molecule has 0 aromatic carbocycles. The van der Waals surface area contributed by atoms with Crippen LogP contribution >= 0.6 is 0 Å². The Kier molecular flexibility index (Phi) is 6.71. The van der Waals surface area contributed by atoms with Gasteiger partial charge in [0, 0.05) is 25.8 Å². The van der Waals surface area contributed by atoms with Crippen LogP contribution in [-0.2, 0) is 6.54 Å². The minimum absolute atomic E-state index is 0.107. The maximum Gasteiger partial charge on any atom is 0.271 e. The molecule has 1 rings (SSSR count). The highest BCUT2D eigenvalue weighted by Gasteiger charge is 2.19. The van der Waals surface area contributed by atoms with E-state index in [0.717, 1.165) is 6.42 Å². The number of nitrogens with zero attached hydrogens (tertiary/aromatic N) is 2. The zero-order valence-electron chi connectivity index (χ0n) is 13.0. The molecule has 5 nitrogen and oxygen atoms in total. The molecule has 0 saturated heterocycles. The molecule has 0 saturated carbocycles. The number of unbranched alkanes of at least 4 members (excludes halogenated alkanes) is 2. The van der Waals surface area contributed by atoms with Crippen LogP contribution in [0.15, 0.2) is 12.5 Å². The second-order valence-electron chi connectivity index (χ2n) is 6.09. The van der Waals surface area contributed by atoms with Crippen molar-refractivity contribution in [2.45, 2.75) is 53.0 Å². The van der Waals surface area contributed by atoms with Crippen molar-refractivity contribution >= 4 is 5.91 Å². The summed E-state index contributed by atoms with van der Waals surface area (Å²) in [5, 5.41) is 2.98. The van der Waals surface area contributed by atoms with Crippen LogP contribution in [0.4, 0.5) is 0 Å². The van der Waals surface area contributed by atoms with E-state index >= 15 is 0 Å². The molecule has 1 amide bonds. The van der Waals surface area contributed by atoms with Gasteiger partial charge in [0.15, 0.2) is 0 Å². The summed E-state index contributed by atoms with van der Waals surface area (Å²) in [6.07, 6.45) is 8.20. The highest BCUT2D eigenvalue weighted by atomic mass is 16.1. The molecule has 5 heteroatoms. The standard InChI is InChI=1S/C15H28N4O/c1-4-5-6-7-15(2,3)11-17-14(20)13-10-19(9-8-16)12-18-13/h10,12H,4-9,11,16H2,1-3H3,(H,17,20). The molecule has 0 spiro atoms. The average molecular weight is 280 g/mol. The summed E-state index contributed by atoms with van der Waals surface area (Å²) in [6.45, 7) is 8.49. The predicted molar refractivity (Wildman–Crippen MR) is 81.5 cm³/mol. The van der Waals surface area contributed by atoms with Gasteiger partial charge in [-0.15, -0.1) is 0 Å². The summed E-state index contributed by atoms with van der Waals surface area (Å²) in [4.78, 5) is 16.1. The highest BCUT2D eigenvalue weighted by Crippen LogP contribution is 2.22. The third-order valence-corrected chi connectivity index (χ3v) is 3.44. The Labute approximate surface area is 122 Å². The Morgan fingerprint density at radius 2 is 2.20 bits per heavy atom. The predicted octanol–water partition coefficient (Wildman–Crippen LogP) is 2.18. The molecule has 0 aliphatic rings. The quantitative estimate of drug-likeness (QED) is 0.681. The molecule has 0 radical (unpaired) electrons. The Morgan fingerprint density at radius 1 is 1.45 bits per heavy atom. The number of carbonyl (C=O) groups excluding carboxylic acids is 1. The van der Waals surface area contributed by atoms with E-state index in [9.17, 15) is 4.79 Å². The van der Waals surface area contributed by atoms with Crippen LogP contribution in [0.2, 0.25) is 0 Å². The van der Waals surface area contributed by atoms with E-state index in [4.69, 9.17) is 5.73 Å². The van der Waals surface area contributed by atoms with Gasteiger partial charge in [0.1, 0.15) is 5.69 Å². The Balaban J connectivity index is 2.41. The first kappa shape index (κ1) is 16.7. The van der Waals surface area contributed by atoms with Gasteiger partial charge in [0.05, 0.1) is 6.33 Å². The summed E-state index contributed by atoms with van der Waals surface area (Å²) in [7, 11) is 0. The number of nitrogens with one attached hydrogen (secondary N) is 1. The van der Waals surface area contributed by atoms with Gasteiger partial charge >= 0.3 is 0 Å². The molecule has 0 bridgehead atoms. The number of carbonyl (C=O) groups is 1. The topological polar surface area (TPSA) is 72.9 Å². The van der Waals surface area contributed by atoms with Gasteiger partial charge in [-0.3, -0.25) is 4.79 Å². The van der Waals surface area contributed by atoms with E-state index in [1.807, 2.05) is 4.57 Å². The first-order valence-corrected chi connectivity index (χ1v) is 7.48. The fourth-order valence-electron chi connectivity index (χ4n) is 2.10. The summed E-state index contributed by atoms with van der Waals surface area (Å²) in [6, 6.07) is 0. The van der Waals surface area contributed by atoms with Crippen LogP contribution in [0, 0.1) is 5.41 Å². The van der Waals surface area contributed by atoms with Gasteiger partial charge in [-0.25, -0.2) is 4.98 Å². The van der Waals surface area contributed by atoms with Gasteiger partial charge in [-0.1, -0.05) is 40.0 Å². The van der Waals surface area contributed by atoms with Crippen LogP contribution < -0.4 is 11.1 Å². The smallest absolute Gasteiger partial charge is 0.271 e. The van der Waals surface area contributed by atoms with Crippen LogP contribution in [-0.4, -0.2) is 28.5 Å². The molecule has 0 aliphatic heterocycles. The molecule has 1 aromatic heterocycles. The van der Waals surface area contributed by atoms with Crippen molar-refractivity contribution in [2.24, 2.45) is 11.1 Å². The number of nitrogens with two attached hydrogens (primary N) is 1. The number of aromatic nitrogens is 2. The van der Waals surface area contributed by atoms with Crippen LogP contribution in [0.5, 0.6) is 0 Å². The minimum Gasteiger partial charge on any atom is -0.350 e. The molecule has 0 atom stereocenters. The Morgan fingerprint density at radius 3 is 2.85 bits per heavy atom. The lowest BCUT2D eigenvalue weighted by atomic mass is 9.87. The van der Waals surface area contributed by atoms with Crippen molar-refractivity contribution in [1.29, 1.82) is 0 Å². The molecule has 0 aliphatic carbocycles. The fraction of sp³-hybridized carbons (Fsp3) is 0.733. The summed E-state index contributed by atoms with van der Waals surface area (Å²) in [5.74, 6) is -0.107. The number of rotatable bonds is 9. The largest absolute Gasteiger partial charge is 0.350 e. The normalized spacial score (nSPS) is 11.6. The number of hydrogen-bond acceptors (Lipinski definition) is 3. The first-order valence-electron chi connectivity index (χ1n) is 7.48. The monoisotopic (exact) mass is 280 g/mol. The molecule has 3 N–H and O–H groups in total. The lowest BCUT2D eigenvalue weighted by Gasteiger charge is -2.24. The third-order valence-electron chi connectivity index (χ3n) is 3.44. The van der Waals surface area contributed by atoms with E-state index < -0.39 is 0 Å². The molecule has 20 heavy (non-hydrogen) atoms. The van der Waals surface area contributed by atoms with Crippen molar-refractivity contribution in [3.8, 4) is 0 Å². The maximum absolute atomic E-state index is 12.0. The zero-order valence-corrected chi connectivity index (χ0v) is 13.0. The van der Waals surface area contributed by atoms with E-state index in [1.165, 1.54) is 19.3 Å². The van der Waals surface area contributed by atoms with Gasteiger partial charge in [-0.2, -0.15) is 0 Å². The van der Waals surface area contributed by atoms with Gasteiger partial charge in [-0.05, 0) is 11.8 Å². The van der Waals surface area contributed by atoms with Crippen molar-refractivity contribution < 1.29 is 4.79 Å². The van der Waals surface area contributed by atoms with Crippen molar-refractivity contribution in [1.82, 2.24) is 14.9 Å². The fourth-order valence-corrected chi connectivity index (χ4v) is 2.10. The lowest BCUT2D eigenvalue weighted by Crippen LogP contribution is -2.34. The van der Waals surface area contributed by atoms with E-state index in [1.54, 1.807) is 12.5 Å². The molecule has 1 heterocycles. The maximum atomic E-state index is 12.0. The molecule has 114 valence electrons. The zero-order chi connectivity index (χ0) is 15.0. The second-order valence-corrected chi connectivity index (χ2v) is 6.09. The molecule has 1 aromatic rings. The van der Waals surface area contributed by atoms with Crippen LogP contribution in [0.1, 0.15) is 56.9 Å². The van der Waals surface area contributed by atoms with Crippen molar-refractivity contribution in [3.63, 3.8) is 0 Å². The van der Waals surface area contributed by atoms with Gasteiger partial charge in [0.2, 0.25) is 0 Å². The van der Waals surface area contributed by atoms with Crippen molar-refractivity contribution in [2.75, 3.05) is 13.1 Å². The molecular formula is C15H28N4O. The summed E-state index contributed by atoms with van der Waals surface area (Å²) in [5.41, 5.74) is 6.06. The summed E-state index contributed by atoms with van der Waals surface area (Å²) < 4.78 is 1.83. The van der Waals surface area contributed by atoms with Crippen LogP contribution in [0.25, 0.3) is 0 Å². The second kappa shape index (κ2) is 8.04. The number of imidazole rings is 1. The Bertz CT molecular complexity index is 412. The van der Waals surface area contributed by atoms with E-state index in [2.05, 4.69) is 31.1 Å². The number of amides is 1. The molecule has 0 unspecified atom stereocenters. The average Bonchev–Trinajstić information content (AvgIpc) is 2.85. The molecular weight excluding hydrogens is 252 g/mol.